The van der Waals surface area contributed by atoms with Crippen molar-refractivity contribution in [1.82, 2.24) is 15.0 Å². The van der Waals surface area contributed by atoms with Crippen LogP contribution in [-0.2, 0) is 13.0 Å². The Labute approximate surface area is 83.1 Å². The lowest BCUT2D eigenvalue weighted by Gasteiger charge is -2.02. The van der Waals surface area contributed by atoms with Gasteiger partial charge < -0.3 is 5.73 Å². The number of hydrogen-bond acceptors (Lipinski definition) is 3. The lowest BCUT2D eigenvalue weighted by Crippen LogP contribution is -2.14. The quantitative estimate of drug-likeness (QED) is 0.730. The molecule has 0 aliphatic heterocycles. The van der Waals surface area contributed by atoms with Gasteiger partial charge in [-0.15, -0.1) is 5.10 Å². The van der Waals surface area contributed by atoms with E-state index in [9.17, 15) is 0 Å². The second-order valence-electron chi connectivity index (χ2n) is 2.81. The maximum absolute atomic E-state index is 5.53. The summed E-state index contributed by atoms with van der Waals surface area (Å²) in [5, 5.41) is 7.93. The number of aromatic nitrogens is 3. The third kappa shape index (κ3) is 2.03. The summed E-state index contributed by atoms with van der Waals surface area (Å²) in [4.78, 5) is 0.336. The molecule has 0 aliphatic carbocycles. The first-order valence-corrected chi connectivity index (χ1v) is 4.83. The Hall–Kier alpha value is -0.970. The highest BCUT2D eigenvalue weighted by Gasteiger charge is 2.12. The van der Waals surface area contributed by atoms with Crippen LogP contribution in [0.4, 0.5) is 0 Å². The third-order valence-electron chi connectivity index (χ3n) is 1.86. The summed E-state index contributed by atoms with van der Waals surface area (Å²) in [7, 11) is 0. The Kier molecular flexibility index (Phi) is 3.36. The zero-order valence-electron chi connectivity index (χ0n) is 7.95. The van der Waals surface area contributed by atoms with Gasteiger partial charge in [-0.1, -0.05) is 30.8 Å². The number of aryl methyl sites for hydroxylation is 1. The number of nitrogens with two attached hydrogens (primary N) is 1. The standard InChI is InChI=1S/C8H14N4S/c1-3-5-6-7(8(9)13)10-11-12(6)4-2/h3-5H2,1-2H3,(H2,9,13). The Morgan fingerprint density at radius 1 is 1.54 bits per heavy atom. The number of hydrogen-bond donors (Lipinski definition) is 1. The van der Waals surface area contributed by atoms with Crippen LogP contribution in [0.2, 0.25) is 0 Å². The SMILES string of the molecule is CCCc1c(C(N)=S)nnn1CC. The van der Waals surface area contributed by atoms with Crippen molar-refractivity contribution < 1.29 is 0 Å². The van der Waals surface area contributed by atoms with Gasteiger partial charge in [0.25, 0.3) is 0 Å². The molecule has 5 heteroatoms. The molecule has 1 aromatic rings. The lowest BCUT2D eigenvalue weighted by molar-refractivity contribution is 0.593. The maximum atomic E-state index is 5.53. The van der Waals surface area contributed by atoms with Crippen molar-refractivity contribution in [1.29, 1.82) is 0 Å². The smallest absolute Gasteiger partial charge is 0.143 e. The predicted molar refractivity (Wildman–Crippen MR) is 55.6 cm³/mol. The molecule has 0 saturated carbocycles. The van der Waals surface area contributed by atoms with Crippen LogP contribution < -0.4 is 5.73 Å². The summed E-state index contributed by atoms with van der Waals surface area (Å²) in [5.41, 5.74) is 7.26. The van der Waals surface area contributed by atoms with Crippen molar-refractivity contribution in [2.75, 3.05) is 0 Å². The van der Waals surface area contributed by atoms with E-state index in [0.717, 1.165) is 25.1 Å². The fourth-order valence-corrected chi connectivity index (χ4v) is 1.42. The van der Waals surface area contributed by atoms with Crippen LogP contribution in [0.3, 0.4) is 0 Å². The normalized spacial score (nSPS) is 10.3. The molecule has 0 bridgehead atoms. The number of rotatable bonds is 4. The van der Waals surface area contributed by atoms with E-state index in [1.54, 1.807) is 0 Å². The molecule has 0 aromatic carbocycles. The molecule has 0 amide bonds. The molecule has 0 spiro atoms. The second-order valence-corrected chi connectivity index (χ2v) is 3.25. The summed E-state index contributed by atoms with van der Waals surface area (Å²) in [6.07, 6.45) is 1.97. The average molecular weight is 198 g/mol. The van der Waals surface area contributed by atoms with E-state index >= 15 is 0 Å². The van der Waals surface area contributed by atoms with Crippen molar-refractivity contribution >= 4 is 17.2 Å². The monoisotopic (exact) mass is 198 g/mol. The highest BCUT2D eigenvalue weighted by molar-refractivity contribution is 7.80. The summed E-state index contributed by atoms with van der Waals surface area (Å²) in [6.45, 7) is 4.94. The highest BCUT2D eigenvalue weighted by atomic mass is 32.1. The Balaban J connectivity index is 3.06. The van der Waals surface area contributed by atoms with Gasteiger partial charge in [-0.05, 0) is 13.3 Å². The van der Waals surface area contributed by atoms with Crippen molar-refractivity contribution in [3.8, 4) is 0 Å². The van der Waals surface area contributed by atoms with E-state index in [1.807, 2.05) is 11.6 Å². The largest absolute Gasteiger partial charge is 0.388 e. The molecule has 0 aliphatic rings. The average Bonchev–Trinajstić information content (AvgIpc) is 2.48. The van der Waals surface area contributed by atoms with E-state index in [-0.39, 0.29) is 0 Å². The summed E-state index contributed by atoms with van der Waals surface area (Å²) < 4.78 is 1.85. The molecule has 0 saturated heterocycles. The van der Waals surface area contributed by atoms with Crippen LogP contribution in [0, 0.1) is 0 Å². The second kappa shape index (κ2) is 4.32. The molecule has 0 fully saturated rings. The fourth-order valence-electron chi connectivity index (χ4n) is 1.26. The van der Waals surface area contributed by atoms with Gasteiger partial charge in [-0.2, -0.15) is 0 Å². The predicted octanol–water partition coefficient (Wildman–Crippen LogP) is 0.885. The van der Waals surface area contributed by atoms with Gasteiger partial charge in [0.05, 0.1) is 5.69 Å². The zero-order valence-corrected chi connectivity index (χ0v) is 8.77. The van der Waals surface area contributed by atoms with E-state index in [1.165, 1.54) is 0 Å². The van der Waals surface area contributed by atoms with Gasteiger partial charge in [0, 0.05) is 6.54 Å². The van der Waals surface area contributed by atoms with Crippen LogP contribution in [-0.4, -0.2) is 20.0 Å². The Morgan fingerprint density at radius 2 is 2.23 bits per heavy atom. The van der Waals surface area contributed by atoms with Gasteiger partial charge in [-0.25, -0.2) is 4.68 Å². The van der Waals surface area contributed by atoms with Crippen LogP contribution in [0.25, 0.3) is 0 Å². The van der Waals surface area contributed by atoms with Gasteiger partial charge in [-0.3, -0.25) is 0 Å². The van der Waals surface area contributed by atoms with Crippen LogP contribution in [0.15, 0.2) is 0 Å². The van der Waals surface area contributed by atoms with Crippen molar-refractivity contribution in [3.63, 3.8) is 0 Å². The summed E-state index contributed by atoms with van der Waals surface area (Å²) in [6, 6.07) is 0. The molecule has 0 radical (unpaired) electrons. The van der Waals surface area contributed by atoms with Gasteiger partial charge in [0.1, 0.15) is 10.7 Å². The first-order valence-electron chi connectivity index (χ1n) is 4.42. The van der Waals surface area contributed by atoms with Crippen LogP contribution in [0.1, 0.15) is 31.7 Å². The Morgan fingerprint density at radius 3 is 2.69 bits per heavy atom. The van der Waals surface area contributed by atoms with E-state index in [2.05, 4.69) is 17.2 Å². The number of nitrogens with zero attached hydrogens (tertiary/aromatic N) is 3. The van der Waals surface area contributed by atoms with E-state index < -0.39 is 0 Å². The van der Waals surface area contributed by atoms with Crippen LogP contribution >= 0.6 is 12.2 Å². The minimum Gasteiger partial charge on any atom is -0.388 e. The molecule has 1 aromatic heterocycles. The van der Waals surface area contributed by atoms with E-state index in [4.69, 9.17) is 18.0 Å². The van der Waals surface area contributed by atoms with Crippen molar-refractivity contribution in [2.45, 2.75) is 33.2 Å². The fraction of sp³-hybridized carbons (Fsp3) is 0.625. The molecule has 13 heavy (non-hydrogen) atoms. The topological polar surface area (TPSA) is 56.7 Å². The minimum absolute atomic E-state index is 0.336. The van der Waals surface area contributed by atoms with Crippen molar-refractivity contribution in [2.24, 2.45) is 5.73 Å². The lowest BCUT2D eigenvalue weighted by atomic mass is 10.2. The molecule has 2 N–H and O–H groups in total. The first kappa shape index (κ1) is 10.1. The van der Waals surface area contributed by atoms with Gasteiger partial charge in [0.2, 0.25) is 0 Å². The van der Waals surface area contributed by atoms with Crippen molar-refractivity contribution in [3.05, 3.63) is 11.4 Å². The molecule has 72 valence electrons. The zero-order chi connectivity index (χ0) is 9.84. The molecule has 0 atom stereocenters. The Bertz CT molecular complexity index is 305. The van der Waals surface area contributed by atoms with Gasteiger partial charge in [0.15, 0.2) is 0 Å². The molecule has 1 rings (SSSR count). The highest BCUT2D eigenvalue weighted by Crippen LogP contribution is 2.07. The molecular weight excluding hydrogens is 184 g/mol. The van der Waals surface area contributed by atoms with Gasteiger partial charge >= 0.3 is 0 Å². The third-order valence-corrected chi connectivity index (χ3v) is 2.05. The molecule has 0 unspecified atom stereocenters. The summed E-state index contributed by atoms with van der Waals surface area (Å²) >= 11 is 4.89. The number of thiocarbonyl (C=S) groups is 1. The van der Waals surface area contributed by atoms with Crippen LogP contribution in [0.5, 0.6) is 0 Å². The first-order chi connectivity index (χ1) is 6.20. The molecule has 4 nitrogen and oxygen atoms in total. The summed E-state index contributed by atoms with van der Waals surface area (Å²) in [5.74, 6) is 0. The molecule has 1 heterocycles. The minimum atomic E-state index is 0.336. The maximum Gasteiger partial charge on any atom is 0.143 e. The molecular formula is C8H14N4S. The van der Waals surface area contributed by atoms with E-state index in [0.29, 0.717) is 10.7 Å².